The van der Waals surface area contributed by atoms with E-state index in [1.807, 2.05) is 0 Å². The third-order valence-electron chi connectivity index (χ3n) is 1.31. The number of benzene rings is 1. The fourth-order valence-electron chi connectivity index (χ4n) is 0.753. The van der Waals surface area contributed by atoms with Crippen molar-refractivity contribution in [3.63, 3.8) is 0 Å². The van der Waals surface area contributed by atoms with Gasteiger partial charge in [0.15, 0.2) is 0 Å². The molecule has 0 fully saturated rings. The van der Waals surface area contributed by atoms with Crippen LogP contribution < -0.4 is 4.89 Å². The maximum Gasteiger partial charge on any atom is 0.121 e. The van der Waals surface area contributed by atoms with E-state index in [0.717, 1.165) is 0 Å². The van der Waals surface area contributed by atoms with E-state index >= 15 is 0 Å². The summed E-state index contributed by atoms with van der Waals surface area (Å²) in [5.41, 5.74) is 0.571. The molecular weight excluding hydrogens is 199 g/mol. The lowest BCUT2D eigenvalue weighted by atomic mass is 10.2. The molecule has 12 heavy (non-hydrogen) atoms. The fourth-order valence-corrected chi connectivity index (χ4v) is 1.14. The lowest BCUT2D eigenvalue weighted by molar-refractivity contribution is -0.174. The average molecular weight is 206 g/mol. The van der Waals surface area contributed by atoms with Crippen molar-refractivity contribution < 1.29 is 14.5 Å². The Bertz CT molecular complexity index is 254. The first kappa shape index (κ1) is 9.75. The largest absolute Gasteiger partial charge is 0.796 e. The molecule has 0 bridgehead atoms. The molecule has 0 saturated heterocycles. The van der Waals surface area contributed by atoms with Crippen LogP contribution in [0, 0.1) is 0 Å². The fraction of sp³-hybridized carbons (Fsp3) is 0.143. The van der Waals surface area contributed by atoms with E-state index in [0.29, 0.717) is 5.56 Å². The molecule has 0 aliphatic carbocycles. The van der Waals surface area contributed by atoms with E-state index in [1.54, 1.807) is 18.2 Å². The standard InChI is InChI=1S/C7H7ClO3P/c8-12(10)11-5-6-3-1-2-4-7(6)9/h1-4,9H,5H2/q-1. The second kappa shape index (κ2) is 4.63. The predicted octanol–water partition coefficient (Wildman–Crippen LogP) is 1.73. The lowest BCUT2D eigenvalue weighted by Crippen LogP contribution is -1.94. The summed E-state index contributed by atoms with van der Waals surface area (Å²) in [5.74, 6) is 0.117. The molecule has 0 heterocycles. The van der Waals surface area contributed by atoms with Gasteiger partial charge in [0, 0.05) is 13.3 Å². The van der Waals surface area contributed by atoms with E-state index in [1.165, 1.54) is 6.07 Å². The van der Waals surface area contributed by atoms with Gasteiger partial charge >= 0.3 is 0 Å². The van der Waals surface area contributed by atoms with Crippen molar-refractivity contribution in [1.29, 1.82) is 0 Å². The zero-order valence-electron chi connectivity index (χ0n) is 6.11. The number of rotatable bonds is 3. The van der Waals surface area contributed by atoms with Gasteiger partial charge in [-0.25, -0.2) is 0 Å². The van der Waals surface area contributed by atoms with Gasteiger partial charge in [0.1, 0.15) is 5.75 Å². The topological polar surface area (TPSA) is 52.5 Å². The number of hydrogen-bond acceptors (Lipinski definition) is 3. The van der Waals surface area contributed by atoms with Gasteiger partial charge in [0.25, 0.3) is 0 Å². The number of para-hydroxylation sites is 1. The second-order valence-electron chi connectivity index (χ2n) is 2.11. The van der Waals surface area contributed by atoms with Crippen LogP contribution >= 0.6 is 19.0 Å². The van der Waals surface area contributed by atoms with Gasteiger partial charge in [0.05, 0.1) is 6.61 Å². The minimum Gasteiger partial charge on any atom is -0.796 e. The molecule has 66 valence electrons. The molecule has 5 heteroatoms. The summed E-state index contributed by atoms with van der Waals surface area (Å²) in [6.07, 6.45) is 0. The SMILES string of the molecule is [O-]P(Cl)OCc1ccccc1O. The molecule has 3 nitrogen and oxygen atoms in total. The Morgan fingerprint density at radius 3 is 2.75 bits per heavy atom. The number of phenolic OH excluding ortho intramolecular Hbond substituents is 1. The molecule has 0 aliphatic rings. The molecule has 1 aromatic carbocycles. The van der Waals surface area contributed by atoms with E-state index in [4.69, 9.17) is 11.2 Å². The lowest BCUT2D eigenvalue weighted by Gasteiger charge is -2.14. The Kier molecular flexibility index (Phi) is 3.76. The highest BCUT2D eigenvalue weighted by Gasteiger charge is 1.98. The maximum atomic E-state index is 10.3. The summed E-state index contributed by atoms with van der Waals surface area (Å²) in [7, 11) is -2.13. The quantitative estimate of drug-likeness (QED) is 0.765. The Morgan fingerprint density at radius 2 is 2.17 bits per heavy atom. The highest BCUT2D eigenvalue weighted by Crippen LogP contribution is 2.34. The van der Waals surface area contributed by atoms with Gasteiger partial charge in [0.2, 0.25) is 0 Å². The van der Waals surface area contributed by atoms with Crippen molar-refractivity contribution in [3.8, 4) is 5.75 Å². The summed E-state index contributed by atoms with van der Waals surface area (Å²) in [6.45, 7) is 0.0609. The molecule has 0 aromatic heterocycles. The minimum absolute atomic E-state index is 0.0609. The molecule has 0 amide bonds. The van der Waals surface area contributed by atoms with Gasteiger partial charge < -0.3 is 14.5 Å². The van der Waals surface area contributed by atoms with Crippen LogP contribution in [0.4, 0.5) is 0 Å². The number of hydrogen-bond donors (Lipinski definition) is 1. The number of aromatic hydroxyl groups is 1. The van der Waals surface area contributed by atoms with E-state index < -0.39 is 7.73 Å². The molecule has 1 rings (SSSR count). The van der Waals surface area contributed by atoms with E-state index in [-0.39, 0.29) is 12.4 Å². The highest BCUT2D eigenvalue weighted by molar-refractivity contribution is 7.74. The van der Waals surface area contributed by atoms with Gasteiger partial charge in [-0.1, -0.05) is 29.4 Å². The molecular formula is C7H7ClO3P-. The van der Waals surface area contributed by atoms with E-state index in [9.17, 15) is 10.00 Å². The smallest absolute Gasteiger partial charge is 0.121 e. The third-order valence-corrected chi connectivity index (χ3v) is 1.94. The van der Waals surface area contributed by atoms with Gasteiger partial charge in [-0.3, -0.25) is 0 Å². The molecule has 0 radical (unpaired) electrons. The molecule has 1 N–H and O–H groups in total. The van der Waals surface area contributed by atoms with Crippen LogP contribution in [0.15, 0.2) is 24.3 Å². The van der Waals surface area contributed by atoms with Crippen LogP contribution in [0.1, 0.15) is 5.56 Å². The summed E-state index contributed by atoms with van der Waals surface area (Å²) >= 11 is 5.09. The van der Waals surface area contributed by atoms with E-state index in [2.05, 4.69) is 4.52 Å². The predicted molar refractivity (Wildman–Crippen MR) is 45.7 cm³/mol. The van der Waals surface area contributed by atoms with Crippen molar-refractivity contribution in [3.05, 3.63) is 29.8 Å². The molecule has 0 aliphatic heterocycles. The van der Waals surface area contributed by atoms with Gasteiger partial charge in [-0.2, -0.15) is 0 Å². The number of phenols is 1. The molecule has 1 unspecified atom stereocenters. The first-order valence-electron chi connectivity index (χ1n) is 3.23. The monoisotopic (exact) mass is 205 g/mol. The molecule has 1 atom stereocenters. The highest BCUT2D eigenvalue weighted by atomic mass is 35.7. The molecule has 1 aromatic rings. The van der Waals surface area contributed by atoms with Crippen LogP contribution in [0.5, 0.6) is 5.75 Å². The zero-order valence-corrected chi connectivity index (χ0v) is 7.76. The van der Waals surface area contributed by atoms with Crippen LogP contribution in [0.3, 0.4) is 0 Å². The first-order chi connectivity index (χ1) is 5.70. The normalized spacial score (nSPS) is 12.8. The Hall–Kier alpha value is -0.340. The maximum absolute atomic E-state index is 10.3. The van der Waals surface area contributed by atoms with Crippen molar-refractivity contribution in [2.75, 3.05) is 0 Å². The van der Waals surface area contributed by atoms with Crippen molar-refractivity contribution in [1.82, 2.24) is 0 Å². The summed E-state index contributed by atoms with van der Waals surface area (Å²) < 4.78 is 4.62. The van der Waals surface area contributed by atoms with Crippen LogP contribution in [-0.4, -0.2) is 5.11 Å². The molecule has 0 spiro atoms. The third kappa shape index (κ3) is 2.95. The minimum atomic E-state index is -2.13. The van der Waals surface area contributed by atoms with Gasteiger partial charge in [-0.05, 0) is 6.07 Å². The second-order valence-corrected chi connectivity index (χ2v) is 3.63. The van der Waals surface area contributed by atoms with Crippen LogP contribution in [0.2, 0.25) is 0 Å². The zero-order chi connectivity index (χ0) is 8.97. The van der Waals surface area contributed by atoms with Crippen molar-refractivity contribution in [2.24, 2.45) is 0 Å². The number of halogens is 1. The Labute approximate surface area is 76.3 Å². The van der Waals surface area contributed by atoms with Crippen molar-refractivity contribution in [2.45, 2.75) is 6.61 Å². The Balaban J connectivity index is 2.57. The Morgan fingerprint density at radius 1 is 1.50 bits per heavy atom. The molecule has 0 saturated carbocycles. The summed E-state index contributed by atoms with van der Waals surface area (Å²) in [5, 5.41) is 9.21. The average Bonchev–Trinajstić information content (AvgIpc) is 2.03. The van der Waals surface area contributed by atoms with Crippen molar-refractivity contribution >= 4 is 19.0 Å². The van der Waals surface area contributed by atoms with Crippen LogP contribution in [-0.2, 0) is 11.1 Å². The summed E-state index contributed by atoms with van der Waals surface area (Å²) in [4.78, 5) is 10.3. The van der Waals surface area contributed by atoms with Gasteiger partial charge in [-0.15, -0.1) is 0 Å². The first-order valence-corrected chi connectivity index (χ1v) is 5.31. The summed E-state index contributed by atoms with van der Waals surface area (Å²) in [6, 6.07) is 6.64. The van der Waals surface area contributed by atoms with Crippen LogP contribution in [0.25, 0.3) is 0 Å².